The van der Waals surface area contributed by atoms with Crippen LogP contribution in [0.3, 0.4) is 0 Å². The van der Waals surface area contributed by atoms with E-state index in [1.165, 1.54) is 30.2 Å². The molecule has 1 aromatic heterocycles. The van der Waals surface area contributed by atoms with Gasteiger partial charge in [-0.3, -0.25) is 9.59 Å². The van der Waals surface area contributed by atoms with Crippen LogP contribution in [0, 0.1) is 0 Å². The van der Waals surface area contributed by atoms with E-state index >= 15 is 0 Å². The number of nitrogens with one attached hydrogen (secondary N) is 1. The minimum absolute atomic E-state index is 0.101. The monoisotopic (exact) mass is 361 g/mol. The van der Waals surface area contributed by atoms with E-state index in [2.05, 4.69) is 15.0 Å². The Bertz CT molecular complexity index is 530. The zero-order chi connectivity index (χ0) is 16.5. The lowest BCUT2D eigenvalue weighted by molar-refractivity contribution is -0.139. The van der Waals surface area contributed by atoms with Gasteiger partial charge >= 0.3 is 5.97 Å². The molecule has 0 bridgehead atoms. The van der Waals surface area contributed by atoms with Crippen molar-refractivity contribution in [2.45, 2.75) is 20.3 Å². The molecule has 1 rings (SSSR count). The second-order valence-corrected chi connectivity index (χ2v) is 6.64. The van der Waals surface area contributed by atoms with Gasteiger partial charge in [-0.1, -0.05) is 24.0 Å². The number of methoxy groups -OCH3 is 1. The molecule has 0 unspecified atom stereocenters. The number of thioether (sulfide) groups is 1. The predicted molar refractivity (Wildman–Crippen MR) is 94.4 cm³/mol. The molecule has 6 nitrogen and oxygen atoms in total. The Morgan fingerprint density at radius 3 is 2.73 bits per heavy atom. The molecule has 0 saturated carbocycles. The van der Waals surface area contributed by atoms with Gasteiger partial charge in [-0.25, -0.2) is 4.98 Å². The molecule has 0 aliphatic rings. The molecular weight excluding hydrogens is 342 g/mol. The number of thiazole rings is 1. The summed E-state index contributed by atoms with van der Waals surface area (Å²) in [4.78, 5) is 29.2. The molecule has 9 heteroatoms. The molecule has 1 amide bonds. The highest BCUT2D eigenvalue weighted by atomic mass is 32.2. The van der Waals surface area contributed by atoms with Gasteiger partial charge < -0.3 is 15.0 Å². The number of ether oxygens (including phenoxy) is 1. The summed E-state index contributed by atoms with van der Waals surface area (Å²) < 4.78 is 5.28. The molecule has 0 aliphatic carbocycles. The maximum Gasteiger partial charge on any atom is 0.311 e. The van der Waals surface area contributed by atoms with Crippen molar-refractivity contribution in [2.75, 3.05) is 31.3 Å². The summed E-state index contributed by atoms with van der Waals surface area (Å²) in [6, 6.07) is 0. The number of amides is 1. The Labute approximate surface area is 143 Å². The summed E-state index contributed by atoms with van der Waals surface area (Å²) in [6.45, 7) is 5.70. The van der Waals surface area contributed by atoms with Crippen molar-refractivity contribution in [3.63, 3.8) is 0 Å². The third kappa shape index (κ3) is 6.29. The van der Waals surface area contributed by atoms with E-state index in [9.17, 15) is 9.59 Å². The van der Waals surface area contributed by atoms with Crippen LogP contribution in [0.25, 0.3) is 0 Å². The third-order valence-electron chi connectivity index (χ3n) is 2.70. The van der Waals surface area contributed by atoms with E-state index in [4.69, 9.17) is 12.2 Å². The number of nitrogens with zero attached hydrogens (tertiary/aromatic N) is 2. The normalized spacial score (nSPS) is 10.1. The lowest BCUT2D eigenvalue weighted by Gasteiger charge is -2.20. The standard InChI is InChI=1S/C13H19N3O3S3/c1-4-16(5-2)13(20)22-8-10(17)15-12-14-9(7-21-12)6-11(18)19-3/h7H,4-6,8H2,1-3H3,(H,14,15,17). The highest BCUT2D eigenvalue weighted by Gasteiger charge is 2.12. The molecule has 0 aliphatic heterocycles. The minimum Gasteiger partial charge on any atom is -0.469 e. The Hall–Kier alpha value is -1.19. The van der Waals surface area contributed by atoms with Crippen molar-refractivity contribution in [3.8, 4) is 0 Å². The van der Waals surface area contributed by atoms with Crippen LogP contribution in [-0.2, 0) is 20.7 Å². The Balaban J connectivity index is 2.42. The van der Waals surface area contributed by atoms with Crippen molar-refractivity contribution >= 4 is 56.6 Å². The van der Waals surface area contributed by atoms with Crippen LogP contribution in [0.2, 0.25) is 0 Å². The smallest absolute Gasteiger partial charge is 0.311 e. The number of hydrogen-bond donors (Lipinski definition) is 1. The summed E-state index contributed by atoms with van der Waals surface area (Å²) in [5, 5.41) is 4.89. The average molecular weight is 362 g/mol. The van der Waals surface area contributed by atoms with E-state index in [1.807, 2.05) is 18.7 Å². The molecule has 1 N–H and O–H groups in total. The van der Waals surface area contributed by atoms with Gasteiger partial charge in [-0.2, -0.15) is 0 Å². The van der Waals surface area contributed by atoms with E-state index in [0.29, 0.717) is 15.1 Å². The van der Waals surface area contributed by atoms with E-state index in [-0.39, 0.29) is 24.1 Å². The fourth-order valence-electron chi connectivity index (χ4n) is 1.52. The molecule has 22 heavy (non-hydrogen) atoms. The molecule has 0 fully saturated rings. The maximum absolute atomic E-state index is 11.9. The molecule has 0 spiro atoms. The van der Waals surface area contributed by atoms with Gasteiger partial charge in [0.15, 0.2) is 5.13 Å². The van der Waals surface area contributed by atoms with Crippen molar-refractivity contribution in [3.05, 3.63) is 11.1 Å². The van der Waals surface area contributed by atoms with E-state index in [1.54, 1.807) is 5.38 Å². The van der Waals surface area contributed by atoms with Crippen LogP contribution in [0.5, 0.6) is 0 Å². The first kappa shape index (κ1) is 18.9. The van der Waals surface area contributed by atoms with Gasteiger partial charge in [-0.05, 0) is 13.8 Å². The first-order valence-electron chi connectivity index (χ1n) is 6.72. The topological polar surface area (TPSA) is 71.5 Å². The molecule has 0 atom stereocenters. The first-order valence-corrected chi connectivity index (χ1v) is 9.00. The van der Waals surface area contributed by atoms with Crippen molar-refractivity contribution in [1.82, 2.24) is 9.88 Å². The first-order chi connectivity index (χ1) is 10.5. The summed E-state index contributed by atoms with van der Waals surface area (Å²) in [5.41, 5.74) is 0.582. The second-order valence-electron chi connectivity index (χ2n) is 4.17. The highest BCUT2D eigenvalue weighted by Crippen LogP contribution is 2.17. The van der Waals surface area contributed by atoms with Crippen LogP contribution in [0.4, 0.5) is 5.13 Å². The average Bonchev–Trinajstić information content (AvgIpc) is 2.93. The van der Waals surface area contributed by atoms with Gasteiger partial charge in [0.05, 0.1) is 25.0 Å². The number of carbonyl (C=O) groups excluding carboxylic acids is 2. The number of carbonyl (C=O) groups is 2. The molecule has 0 aromatic carbocycles. The maximum atomic E-state index is 11.9. The largest absolute Gasteiger partial charge is 0.469 e. The SMILES string of the molecule is CCN(CC)C(=S)SCC(=O)Nc1nc(CC(=O)OC)cs1. The summed E-state index contributed by atoms with van der Waals surface area (Å²) >= 11 is 7.87. The van der Waals surface area contributed by atoms with Crippen LogP contribution in [-0.4, -0.2) is 52.0 Å². The molecular formula is C13H19N3O3S3. The summed E-state index contributed by atoms with van der Waals surface area (Å²) in [7, 11) is 1.33. The van der Waals surface area contributed by atoms with Crippen LogP contribution >= 0.6 is 35.3 Å². The molecule has 0 saturated heterocycles. The number of aromatic nitrogens is 1. The molecule has 122 valence electrons. The second kappa shape index (κ2) is 9.75. The number of thiocarbonyl (C=S) groups is 1. The number of rotatable bonds is 7. The zero-order valence-electron chi connectivity index (χ0n) is 12.7. The van der Waals surface area contributed by atoms with Crippen molar-refractivity contribution in [1.29, 1.82) is 0 Å². The van der Waals surface area contributed by atoms with E-state index < -0.39 is 0 Å². The lowest BCUT2D eigenvalue weighted by Crippen LogP contribution is -2.28. The van der Waals surface area contributed by atoms with Gasteiger partial charge in [0.1, 0.15) is 4.32 Å². The predicted octanol–water partition coefficient (Wildman–Crippen LogP) is 2.16. The lowest BCUT2D eigenvalue weighted by atomic mass is 10.3. The summed E-state index contributed by atoms with van der Waals surface area (Å²) in [5.74, 6) is -0.289. The third-order valence-corrected chi connectivity index (χ3v) is 5.03. The van der Waals surface area contributed by atoms with Crippen molar-refractivity contribution in [2.24, 2.45) is 0 Å². The number of hydrogen-bond acceptors (Lipinski definition) is 7. The van der Waals surface area contributed by atoms with E-state index in [0.717, 1.165) is 13.1 Å². The molecule has 1 aromatic rings. The highest BCUT2D eigenvalue weighted by molar-refractivity contribution is 8.23. The fourth-order valence-corrected chi connectivity index (χ4v) is 3.45. The van der Waals surface area contributed by atoms with Crippen LogP contribution < -0.4 is 5.32 Å². The Kier molecular flexibility index (Phi) is 8.36. The number of esters is 1. The minimum atomic E-state index is -0.358. The molecule has 0 radical (unpaired) electrons. The Morgan fingerprint density at radius 1 is 1.45 bits per heavy atom. The fraction of sp³-hybridized carbons (Fsp3) is 0.538. The van der Waals surface area contributed by atoms with Gasteiger partial charge in [0.25, 0.3) is 0 Å². The van der Waals surface area contributed by atoms with Gasteiger partial charge in [0.2, 0.25) is 5.91 Å². The zero-order valence-corrected chi connectivity index (χ0v) is 15.2. The van der Waals surface area contributed by atoms with Crippen LogP contribution in [0.15, 0.2) is 5.38 Å². The summed E-state index contributed by atoms with van der Waals surface area (Å²) in [6.07, 6.45) is 0.101. The van der Waals surface area contributed by atoms with Crippen LogP contribution in [0.1, 0.15) is 19.5 Å². The Morgan fingerprint density at radius 2 is 2.14 bits per heavy atom. The van der Waals surface area contributed by atoms with Gasteiger partial charge in [0, 0.05) is 18.5 Å². The van der Waals surface area contributed by atoms with Gasteiger partial charge in [-0.15, -0.1) is 11.3 Å². The van der Waals surface area contributed by atoms with Crippen molar-refractivity contribution < 1.29 is 14.3 Å². The molecule has 1 heterocycles. The quantitative estimate of drug-likeness (QED) is 0.589. The number of anilines is 1.